The molecular formula is C20H20FN3O. The zero-order valence-corrected chi connectivity index (χ0v) is 14.3. The fourth-order valence-electron chi connectivity index (χ4n) is 3.23. The molecule has 0 aromatic heterocycles. The van der Waals surface area contributed by atoms with E-state index in [1.807, 2.05) is 18.2 Å². The van der Waals surface area contributed by atoms with Gasteiger partial charge in [0, 0.05) is 30.4 Å². The van der Waals surface area contributed by atoms with Crippen molar-refractivity contribution in [2.75, 3.05) is 18.0 Å². The Morgan fingerprint density at radius 3 is 2.44 bits per heavy atom. The van der Waals surface area contributed by atoms with Crippen LogP contribution in [0.15, 0.2) is 53.9 Å². The second-order valence-electron chi connectivity index (χ2n) is 5.87. The van der Waals surface area contributed by atoms with Crippen molar-refractivity contribution in [2.45, 2.75) is 19.8 Å². The minimum absolute atomic E-state index is 0.0982. The lowest BCUT2D eigenvalue weighted by atomic mass is 9.83. The minimum Gasteiger partial charge on any atom is -0.440 e. The number of hydrogen-bond donors (Lipinski definition) is 1. The molecular weight excluding hydrogens is 317 g/mol. The van der Waals surface area contributed by atoms with E-state index in [0.717, 1.165) is 29.9 Å². The van der Waals surface area contributed by atoms with Crippen molar-refractivity contribution in [1.82, 2.24) is 0 Å². The molecule has 0 fully saturated rings. The summed E-state index contributed by atoms with van der Waals surface area (Å²) in [4.78, 5) is 2.20. The molecule has 0 unspecified atom stereocenters. The molecule has 0 amide bonds. The third kappa shape index (κ3) is 3.03. The van der Waals surface area contributed by atoms with Crippen LogP contribution in [-0.4, -0.2) is 13.1 Å². The minimum atomic E-state index is -0.361. The van der Waals surface area contributed by atoms with Gasteiger partial charge >= 0.3 is 0 Å². The highest BCUT2D eigenvalue weighted by atomic mass is 19.1. The van der Waals surface area contributed by atoms with Gasteiger partial charge in [0.15, 0.2) is 0 Å². The van der Waals surface area contributed by atoms with Gasteiger partial charge in [-0.25, -0.2) is 4.39 Å². The first-order valence-corrected chi connectivity index (χ1v) is 8.31. The van der Waals surface area contributed by atoms with Gasteiger partial charge in [-0.1, -0.05) is 18.2 Å². The Bertz CT molecular complexity index is 848. The fraction of sp³-hybridized carbons (Fsp3) is 0.250. The molecule has 0 saturated carbocycles. The first kappa shape index (κ1) is 16.8. The molecule has 1 aliphatic heterocycles. The van der Waals surface area contributed by atoms with Crippen molar-refractivity contribution in [1.29, 1.82) is 5.26 Å². The van der Waals surface area contributed by atoms with Gasteiger partial charge < -0.3 is 15.4 Å². The van der Waals surface area contributed by atoms with E-state index in [4.69, 9.17) is 10.5 Å². The molecule has 0 aliphatic carbocycles. The number of nitrogens with zero attached hydrogens (tertiary/aromatic N) is 2. The van der Waals surface area contributed by atoms with E-state index in [1.165, 1.54) is 12.1 Å². The maximum Gasteiger partial charge on any atom is 0.205 e. The molecule has 0 saturated heterocycles. The van der Waals surface area contributed by atoms with Crippen LogP contribution in [0.4, 0.5) is 10.1 Å². The zero-order chi connectivity index (χ0) is 18.0. The lowest BCUT2D eigenvalue weighted by Gasteiger charge is -2.29. The first-order valence-electron chi connectivity index (χ1n) is 8.31. The number of nitrogens with two attached hydrogens (primary N) is 1. The molecule has 4 nitrogen and oxygen atoms in total. The number of rotatable bonds is 4. The Labute approximate surface area is 146 Å². The number of anilines is 1. The highest BCUT2D eigenvalue weighted by molar-refractivity contribution is 5.61. The molecule has 1 aliphatic rings. The van der Waals surface area contributed by atoms with Gasteiger partial charge in [-0.15, -0.1) is 0 Å². The van der Waals surface area contributed by atoms with Crippen molar-refractivity contribution < 1.29 is 9.13 Å². The second-order valence-corrected chi connectivity index (χ2v) is 5.87. The summed E-state index contributed by atoms with van der Waals surface area (Å²) >= 11 is 0. The average molecular weight is 337 g/mol. The summed E-state index contributed by atoms with van der Waals surface area (Å²) in [6.07, 6.45) is 0. The Kier molecular flexibility index (Phi) is 4.62. The van der Waals surface area contributed by atoms with Crippen LogP contribution in [0.2, 0.25) is 0 Å². The SMILES string of the molecule is CCN(CC)c1ccc2c(c1)OC(N)=C(C#N)[C@@H]2c1ccc(F)cc1. The summed E-state index contributed by atoms with van der Waals surface area (Å²) < 4.78 is 19.0. The van der Waals surface area contributed by atoms with Gasteiger partial charge in [-0.2, -0.15) is 5.26 Å². The average Bonchev–Trinajstić information content (AvgIpc) is 2.62. The zero-order valence-electron chi connectivity index (χ0n) is 14.3. The topological polar surface area (TPSA) is 62.3 Å². The van der Waals surface area contributed by atoms with Crippen LogP contribution in [0.1, 0.15) is 30.9 Å². The van der Waals surface area contributed by atoms with Gasteiger partial charge in [0.1, 0.15) is 23.2 Å². The molecule has 3 rings (SSSR count). The highest BCUT2D eigenvalue weighted by Crippen LogP contribution is 2.43. The van der Waals surface area contributed by atoms with Crippen molar-refractivity contribution in [3.8, 4) is 11.8 Å². The Morgan fingerprint density at radius 2 is 1.84 bits per heavy atom. The number of ether oxygens (including phenoxy) is 1. The second kappa shape index (κ2) is 6.86. The number of nitriles is 1. The smallest absolute Gasteiger partial charge is 0.205 e. The third-order valence-corrected chi connectivity index (χ3v) is 4.53. The van der Waals surface area contributed by atoms with E-state index >= 15 is 0 Å². The van der Waals surface area contributed by atoms with Gasteiger partial charge in [-0.3, -0.25) is 0 Å². The van der Waals surface area contributed by atoms with Crippen molar-refractivity contribution in [3.05, 3.63) is 70.9 Å². The van der Waals surface area contributed by atoms with E-state index < -0.39 is 0 Å². The molecule has 2 N–H and O–H groups in total. The van der Waals surface area contributed by atoms with Crippen molar-refractivity contribution in [3.63, 3.8) is 0 Å². The highest BCUT2D eigenvalue weighted by Gasteiger charge is 2.30. The summed E-state index contributed by atoms with van der Waals surface area (Å²) in [6.45, 7) is 5.94. The van der Waals surface area contributed by atoms with E-state index in [1.54, 1.807) is 12.1 Å². The van der Waals surface area contributed by atoms with Crippen LogP contribution < -0.4 is 15.4 Å². The van der Waals surface area contributed by atoms with E-state index in [0.29, 0.717) is 11.3 Å². The number of allylic oxidation sites excluding steroid dienone is 1. The molecule has 1 atom stereocenters. The van der Waals surface area contributed by atoms with E-state index in [-0.39, 0.29) is 17.6 Å². The number of hydrogen-bond acceptors (Lipinski definition) is 4. The molecule has 1 heterocycles. The molecule has 0 bridgehead atoms. The Hall–Kier alpha value is -3.00. The van der Waals surface area contributed by atoms with Crippen LogP contribution in [0.3, 0.4) is 0 Å². The van der Waals surface area contributed by atoms with E-state index in [9.17, 15) is 9.65 Å². The lowest BCUT2D eigenvalue weighted by Crippen LogP contribution is -2.24. The third-order valence-electron chi connectivity index (χ3n) is 4.53. The number of halogens is 1. The van der Waals surface area contributed by atoms with Crippen molar-refractivity contribution in [2.24, 2.45) is 5.73 Å². The quantitative estimate of drug-likeness (QED) is 0.919. The Morgan fingerprint density at radius 1 is 1.16 bits per heavy atom. The maximum absolute atomic E-state index is 13.3. The summed E-state index contributed by atoms with van der Waals surface area (Å²) in [5.74, 6) is 0.0553. The Balaban J connectivity index is 2.12. The molecule has 25 heavy (non-hydrogen) atoms. The standard InChI is InChI=1S/C20H20FN3O/c1-3-24(4-2)15-9-10-16-18(11-15)25-20(23)17(12-22)19(16)13-5-7-14(21)8-6-13/h5-11,19H,3-4,23H2,1-2H3/t19-/m1/s1. The molecule has 2 aromatic rings. The summed E-state index contributed by atoms with van der Waals surface area (Å²) in [5, 5.41) is 9.54. The molecule has 0 spiro atoms. The van der Waals surface area contributed by atoms with Crippen LogP contribution >= 0.6 is 0 Å². The van der Waals surface area contributed by atoms with E-state index in [2.05, 4.69) is 24.8 Å². The monoisotopic (exact) mass is 337 g/mol. The van der Waals surface area contributed by atoms with Crippen LogP contribution in [0.25, 0.3) is 0 Å². The van der Waals surface area contributed by atoms with Gasteiger partial charge in [0.2, 0.25) is 5.88 Å². The van der Waals surface area contributed by atoms with Crippen LogP contribution in [0, 0.1) is 17.1 Å². The summed E-state index contributed by atoms with van der Waals surface area (Å²) in [5.41, 5.74) is 9.04. The molecule has 5 heteroatoms. The lowest BCUT2D eigenvalue weighted by molar-refractivity contribution is 0.393. The van der Waals surface area contributed by atoms with Gasteiger partial charge in [0.05, 0.1) is 5.92 Å². The van der Waals surface area contributed by atoms with Crippen LogP contribution in [0.5, 0.6) is 5.75 Å². The van der Waals surface area contributed by atoms with Crippen molar-refractivity contribution >= 4 is 5.69 Å². The normalized spacial score (nSPS) is 16.0. The molecule has 2 aromatic carbocycles. The maximum atomic E-state index is 13.3. The molecule has 0 radical (unpaired) electrons. The number of fused-ring (bicyclic) bond motifs is 1. The van der Waals surface area contributed by atoms with Crippen LogP contribution in [-0.2, 0) is 0 Å². The summed E-state index contributed by atoms with van der Waals surface area (Å²) in [7, 11) is 0. The number of benzene rings is 2. The summed E-state index contributed by atoms with van der Waals surface area (Å²) in [6, 6.07) is 14.2. The first-order chi connectivity index (χ1) is 12.1. The predicted molar refractivity (Wildman–Crippen MR) is 95.7 cm³/mol. The fourth-order valence-corrected chi connectivity index (χ4v) is 3.23. The van der Waals surface area contributed by atoms with Gasteiger partial charge in [0.25, 0.3) is 0 Å². The molecule has 128 valence electrons. The van der Waals surface area contributed by atoms with Gasteiger partial charge in [-0.05, 0) is 37.6 Å². The predicted octanol–water partition coefficient (Wildman–Crippen LogP) is 3.89. The largest absolute Gasteiger partial charge is 0.440 e.